The minimum atomic E-state index is -0.917. The number of carbonyl (C=O) groups is 3. The Morgan fingerprint density at radius 1 is 1.44 bits per heavy atom. The summed E-state index contributed by atoms with van der Waals surface area (Å²) in [5.41, 5.74) is -0.233. The summed E-state index contributed by atoms with van der Waals surface area (Å²) in [5, 5.41) is 23.4. The Hall–Kier alpha value is -3.17. The van der Waals surface area contributed by atoms with E-state index in [1.807, 2.05) is 0 Å². The second-order valence-corrected chi connectivity index (χ2v) is 5.91. The molecule has 10 nitrogen and oxygen atoms in total. The number of nitro groups is 1. The lowest BCUT2D eigenvalue weighted by Crippen LogP contribution is -2.55. The molecule has 132 valence electrons. The number of nitrogens with zero attached hydrogens (tertiary/aromatic N) is 2. The van der Waals surface area contributed by atoms with Gasteiger partial charge in [0.2, 0.25) is 5.91 Å². The number of hydrogen-bond acceptors (Lipinski definition) is 7. The van der Waals surface area contributed by atoms with Gasteiger partial charge in [-0.05, 0) is 6.07 Å². The van der Waals surface area contributed by atoms with Gasteiger partial charge < -0.3 is 20.1 Å². The van der Waals surface area contributed by atoms with E-state index in [-0.39, 0.29) is 36.3 Å². The number of rotatable bonds is 3. The Bertz CT molecular complexity index is 792. The summed E-state index contributed by atoms with van der Waals surface area (Å²) in [6, 6.07) is 1.20. The minimum absolute atomic E-state index is 0.00545. The molecule has 0 bridgehead atoms. The summed E-state index contributed by atoms with van der Waals surface area (Å²) >= 11 is 0. The van der Waals surface area contributed by atoms with Crippen molar-refractivity contribution in [1.29, 1.82) is 0 Å². The quantitative estimate of drug-likeness (QED) is 0.447. The molecule has 0 radical (unpaired) electrons. The summed E-state index contributed by atoms with van der Waals surface area (Å²) in [5.74, 6) is -1.91. The maximum atomic E-state index is 12.6. The molecule has 0 aromatic heterocycles. The van der Waals surface area contributed by atoms with Gasteiger partial charge in [0.1, 0.15) is 17.9 Å². The highest BCUT2D eigenvalue weighted by Crippen LogP contribution is 2.36. The van der Waals surface area contributed by atoms with Crippen LogP contribution in [-0.2, 0) is 20.9 Å². The third-order valence-electron chi connectivity index (χ3n) is 4.23. The first-order valence-corrected chi connectivity index (χ1v) is 7.54. The Labute approximate surface area is 141 Å². The monoisotopic (exact) mass is 349 g/mol. The van der Waals surface area contributed by atoms with Crippen LogP contribution in [0.25, 0.3) is 0 Å². The molecule has 2 heterocycles. The zero-order chi connectivity index (χ0) is 18.3. The number of aromatic hydroxyl groups is 1. The third kappa shape index (κ3) is 2.97. The fraction of sp³-hybridized carbons (Fsp3) is 0.400. The molecule has 25 heavy (non-hydrogen) atoms. The predicted molar refractivity (Wildman–Crippen MR) is 81.6 cm³/mol. The van der Waals surface area contributed by atoms with Crippen LogP contribution in [0.4, 0.5) is 5.69 Å². The minimum Gasteiger partial charge on any atom is -0.508 e. The first-order chi connectivity index (χ1) is 11.8. The molecule has 2 N–H and O–H groups in total. The van der Waals surface area contributed by atoms with Crippen LogP contribution in [-0.4, -0.2) is 51.4 Å². The fourth-order valence-corrected chi connectivity index (χ4v) is 3.18. The molecule has 0 spiro atoms. The van der Waals surface area contributed by atoms with Crippen molar-refractivity contribution in [2.24, 2.45) is 0 Å². The Morgan fingerprint density at radius 3 is 2.80 bits per heavy atom. The standard InChI is InChI=1S/C15H15N3O7/c1-7(19)25-9-4-13(14(21)16-5-9)17-6-11-10(15(17)22)2-8(20)3-12(11)18(23)24/h2-3,9,13,20H,4-6H2,1H3,(H,16,21). The molecule has 2 atom stereocenters. The Morgan fingerprint density at radius 2 is 2.16 bits per heavy atom. The molecule has 3 rings (SSSR count). The maximum absolute atomic E-state index is 12.6. The molecule has 0 saturated carbocycles. The van der Waals surface area contributed by atoms with Gasteiger partial charge in [-0.2, -0.15) is 0 Å². The summed E-state index contributed by atoms with van der Waals surface area (Å²) in [6.45, 7) is 1.26. The third-order valence-corrected chi connectivity index (χ3v) is 4.23. The van der Waals surface area contributed by atoms with E-state index in [1.54, 1.807) is 0 Å². The van der Waals surface area contributed by atoms with Gasteiger partial charge in [-0.15, -0.1) is 0 Å². The van der Waals surface area contributed by atoms with Crippen molar-refractivity contribution in [3.63, 3.8) is 0 Å². The van der Waals surface area contributed by atoms with Crippen LogP contribution in [0.5, 0.6) is 5.75 Å². The van der Waals surface area contributed by atoms with Gasteiger partial charge in [-0.3, -0.25) is 24.5 Å². The van der Waals surface area contributed by atoms with Crippen LogP contribution >= 0.6 is 0 Å². The maximum Gasteiger partial charge on any atom is 0.302 e. The molecule has 2 unspecified atom stereocenters. The first-order valence-electron chi connectivity index (χ1n) is 7.54. The SMILES string of the molecule is CC(=O)OC1CNC(=O)C(N2Cc3c(cc(O)cc3[N+](=O)[O-])C2=O)C1. The van der Waals surface area contributed by atoms with Crippen molar-refractivity contribution >= 4 is 23.5 Å². The molecule has 1 aromatic carbocycles. The zero-order valence-corrected chi connectivity index (χ0v) is 13.2. The second kappa shape index (κ2) is 6.04. The molecule has 2 aliphatic heterocycles. The predicted octanol–water partition coefficient (Wildman–Crippen LogP) is 0.0764. The number of hydrogen-bond donors (Lipinski definition) is 2. The number of phenolic OH excluding ortho intramolecular Hbond substituents is 1. The molecule has 1 fully saturated rings. The number of piperidine rings is 1. The van der Waals surface area contributed by atoms with Crippen LogP contribution in [0.1, 0.15) is 29.3 Å². The molecule has 2 amide bonds. The van der Waals surface area contributed by atoms with Crippen molar-refractivity contribution in [3.05, 3.63) is 33.4 Å². The van der Waals surface area contributed by atoms with Crippen LogP contribution in [0.15, 0.2) is 12.1 Å². The van der Waals surface area contributed by atoms with E-state index in [1.165, 1.54) is 11.8 Å². The fourth-order valence-electron chi connectivity index (χ4n) is 3.18. The van der Waals surface area contributed by atoms with Gasteiger partial charge in [-0.1, -0.05) is 0 Å². The number of carbonyl (C=O) groups excluding carboxylic acids is 3. The van der Waals surface area contributed by atoms with Crippen molar-refractivity contribution in [1.82, 2.24) is 10.2 Å². The van der Waals surface area contributed by atoms with Gasteiger partial charge >= 0.3 is 5.97 Å². The van der Waals surface area contributed by atoms with E-state index in [9.17, 15) is 29.6 Å². The number of ether oxygens (including phenoxy) is 1. The lowest BCUT2D eigenvalue weighted by molar-refractivity contribution is -0.385. The van der Waals surface area contributed by atoms with E-state index in [0.717, 1.165) is 12.1 Å². The summed E-state index contributed by atoms with van der Waals surface area (Å²) in [4.78, 5) is 47.6. The molecular formula is C15H15N3O7. The van der Waals surface area contributed by atoms with Gasteiger partial charge in [0.15, 0.2) is 0 Å². The number of benzene rings is 1. The summed E-state index contributed by atoms with van der Waals surface area (Å²) in [7, 11) is 0. The number of amides is 2. The van der Waals surface area contributed by atoms with E-state index in [2.05, 4.69) is 5.32 Å². The lowest BCUT2D eigenvalue weighted by Gasteiger charge is -2.34. The molecular weight excluding hydrogens is 334 g/mol. The van der Waals surface area contributed by atoms with E-state index in [4.69, 9.17) is 4.74 Å². The van der Waals surface area contributed by atoms with Crippen LogP contribution in [0.3, 0.4) is 0 Å². The van der Waals surface area contributed by atoms with Crippen LogP contribution < -0.4 is 5.32 Å². The lowest BCUT2D eigenvalue weighted by atomic mass is 10.0. The van der Waals surface area contributed by atoms with Gasteiger partial charge in [0.25, 0.3) is 11.6 Å². The average Bonchev–Trinajstić information content (AvgIpc) is 2.85. The van der Waals surface area contributed by atoms with Crippen molar-refractivity contribution in [2.45, 2.75) is 32.0 Å². The van der Waals surface area contributed by atoms with E-state index >= 15 is 0 Å². The van der Waals surface area contributed by atoms with Crippen molar-refractivity contribution in [2.75, 3.05) is 6.54 Å². The smallest absolute Gasteiger partial charge is 0.302 e. The summed E-state index contributed by atoms with van der Waals surface area (Å²) in [6.07, 6.45) is -0.481. The largest absolute Gasteiger partial charge is 0.508 e. The Kier molecular flexibility index (Phi) is 4.03. The highest BCUT2D eigenvalue weighted by atomic mass is 16.6. The molecule has 1 aromatic rings. The number of nitro benzene ring substituents is 1. The molecule has 0 aliphatic carbocycles. The van der Waals surface area contributed by atoms with Crippen molar-refractivity contribution in [3.8, 4) is 5.75 Å². The normalized spacial score (nSPS) is 22.4. The van der Waals surface area contributed by atoms with Crippen molar-refractivity contribution < 1.29 is 29.2 Å². The van der Waals surface area contributed by atoms with E-state index in [0.29, 0.717) is 0 Å². The average molecular weight is 349 g/mol. The van der Waals surface area contributed by atoms with E-state index < -0.39 is 40.6 Å². The summed E-state index contributed by atoms with van der Waals surface area (Å²) < 4.78 is 5.08. The zero-order valence-electron chi connectivity index (χ0n) is 13.2. The Balaban J connectivity index is 1.90. The number of esters is 1. The van der Waals surface area contributed by atoms with Gasteiger partial charge in [0, 0.05) is 13.3 Å². The second-order valence-electron chi connectivity index (χ2n) is 5.91. The molecule has 10 heteroatoms. The van der Waals surface area contributed by atoms with Gasteiger partial charge in [0.05, 0.1) is 35.2 Å². The molecule has 1 saturated heterocycles. The topological polar surface area (TPSA) is 139 Å². The number of phenols is 1. The first kappa shape index (κ1) is 16.7. The highest BCUT2D eigenvalue weighted by Gasteiger charge is 2.43. The number of fused-ring (bicyclic) bond motifs is 1. The van der Waals surface area contributed by atoms with Gasteiger partial charge in [-0.25, -0.2) is 0 Å². The highest BCUT2D eigenvalue weighted by molar-refractivity contribution is 6.02. The van der Waals surface area contributed by atoms with Crippen LogP contribution in [0, 0.1) is 10.1 Å². The molecule has 2 aliphatic rings. The number of nitrogens with one attached hydrogen (secondary N) is 1. The van der Waals surface area contributed by atoms with Crippen LogP contribution in [0.2, 0.25) is 0 Å².